The van der Waals surface area contributed by atoms with E-state index >= 15 is 0 Å². The van der Waals surface area contributed by atoms with E-state index in [1.807, 2.05) is 0 Å². The maximum absolute atomic E-state index is 13.1. The Morgan fingerprint density at radius 2 is 1.79 bits per heavy atom. The van der Waals surface area contributed by atoms with Crippen LogP contribution in [0.4, 0.5) is 4.39 Å². The molecule has 0 bridgehead atoms. The van der Waals surface area contributed by atoms with Gasteiger partial charge >= 0.3 is 16.1 Å². The van der Waals surface area contributed by atoms with Crippen LogP contribution in [0.15, 0.2) is 47.4 Å². The highest BCUT2D eigenvalue weighted by molar-refractivity contribution is 7.87. The van der Waals surface area contributed by atoms with Crippen LogP contribution < -0.4 is 4.18 Å². The molecule has 0 atom stereocenters. The summed E-state index contributed by atoms with van der Waals surface area (Å²) >= 11 is 0. The number of benzene rings is 2. The smallest absolute Gasteiger partial charge is 0.340 e. The molecule has 0 aliphatic rings. The lowest BCUT2D eigenvalue weighted by atomic mass is 10.1. The first kappa shape index (κ1) is 20.8. The molecule has 0 unspecified atom stereocenters. The van der Waals surface area contributed by atoms with Gasteiger partial charge in [-0.1, -0.05) is 0 Å². The van der Waals surface area contributed by atoms with Crippen LogP contribution in [-0.2, 0) is 26.6 Å². The normalized spacial score (nSPS) is 11.6. The third kappa shape index (κ3) is 4.25. The van der Waals surface area contributed by atoms with Crippen LogP contribution in [0.5, 0.6) is 5.75 Å². The number of methoxy groups -OCH3 is 1. The first-order chi connectivity index (χ1) is 13.7. The summed E-state index contributed by atoms with van der Waals surface area (Å²) in [5.41, 5.74) is 1.71. The maximum Gasteiger partial charge on any atom is 0.340 e. The zero-order chi connectivity index (χ0) is 21.2. The molecule has 1 aromatic heterocycles. The van der Waals surface area contributed by atoms with Crippen molar-refractivity contribution in [3.8, 4) is 5.75 Å². The first-order valence-corrected chi connectivity index (χ1v) is 10.1. The Hall–Kier alpha value is -2.91. The third-order valence-corrected chi connectivity index (χ3v) is 5.76. The third-order valence-electron chi connectivity index (χ3n) is 4.50. The van der Waals surface area contributed by atoms with Crippen molar-refractivity contribution >= 4 is 27.0 Å². The predicted octanol–water partition coefficient (Wildman–Crippen LogP) is 3.20. The molecule has 0 radical (unpaired) electrons. The minimum atomic E-state index is -4.16. The Bertz CT molecular complexity index is 1150. The van der Waals surface area contributed by atoms with Crippen molar-refractivity contribution in [1.29, 1.82) is 0 Å². The topological polar surface area (TPSA) is 83.8 Å². The van der Waals surface area contributed by atoms with E-state index < -0.39 is 21.9 Å². The van der Waals surface area contributed by atoms with Crippen LogP contribution in [-0.4, -0.2) is 39.3 Å². The van der Waals surface area contributed by atoms with Gasteiger partial charge in [-0.2, -0.15) is 8.42 Å². The summed E-state index contributed by atoms with van der Waals surface area (Å²) in [6.07, 6.45) is 0. The number of halogens is 1. The van der Waals surface area contributed by atoms with E-state index in [1.54, 1.807) is 24.6 Å². The lowest BCUT2D eigenvalue weighted by Crippen LogP contribution is -2.11. The van der Waals surface area contributed by atoms with Gasteiger partial charge in [-0.25, -0.2) is 9.18 Å². The highest BCUT2D eigenvalue weighted by Crippen LogP contribution is 2.30. The summed E-state index contributed by atoms with van der Waals surface area (Å²) in [4.78, 5) is 12.4. The van der Waals surface area contributed by atoms with E-state index in [2.05, 4.69) is 0 Å². The fraction of sp³-hybridized carbons (Fsp3) is 0.250. The van der Waals surface area contributed by atoms with E-state index in [0.29, 0.717) is 22.2 Å². The molecule has 0 aliphatic heterocycles. The van der Waals surface area contributed by atoms with Crippen molar-refractivity contribution in [2.75, 3.05) is 20.3 Å². The van der Waals surface area contributed by atoms with Gasteiger partial charge in [0.2, 0.25) is 0 Å². The van der Waals surface area contributed by atoms with Crippen molar-refractivity contribution in [3.05, 3.63) is 59.5 Å². The number of hydrogen-bond donors (Lipinski definition) is 0. The second-order valence-electron chi connectivity index (χ2n) is 6.32. The van der Waals surface area contributed by atoms with Gasteiger partial charge in [-0.3, -0.25) is 0 Å². The molecule has 1 heterocycles. The Kier molecular flexibility index (Phi) is 5.90. The van der Waals surface area contributed by atoms with Gasteiger partial charge in [-0.05, 0) is 49.4 Å². The molecule has 0 spiro atoms. The molecule has 2 aromatic carbocycles. The first-order valence-electron chi connectivity index (χ1n) is 8.69. The van der Waals surface area contributed by atoms with Crippen LogP contribution >= 0.6 is 0 Å². The Morgan fingerprint density at radius 3 is 2.45 bits per heavy atom. The number of carbonyl (C=O) groups excluding carboxylic acids is 1. The summed E-state index contributed by atoms with van der Waals surface area (Å²) in [5.74, 6) is -1.07. The minimum absolute atomic E-state index is 0.0263. The Morgan fingerprint density at radius 1 is 1.10 bits per heavy atom. The number of aromatic nitrogens is 1. The lowest BCUT2D eigenvalue weighted by Gasteiger charge is -2.08. The van der Waals surface area contributed by atoms with Crippen LogP contribution in [0.2, 0.25) is 0 Å². The number of carbonyl (C=O) groups is 1. The van der Waals surface area contributed by atoms with Crippen LogP contribution in [0, 0.1) is 12.7 Å². The van der Waals surface area contributed by atoms with E-state index in [0.717, 1.165) is 24.3 Å². The maximum atomic E-state index is 13.1. The number of ether oxygens (including phenoxy) is 2. The van der Waals surface area contributed by atoms with Gasteiger partial charge in [0.05, 0.1) is 12.2 Å². The van der Waals surface area contributed by atoms with E-state index in [1.165, 1.54) is 19.2 Å². The Balaban J connectivity index is 1.97. The highest BCUT2D eigenvalue weighted by Gasteiger charge is 2.22. The molecule has 7 nitrogen and oxygen atoms in total. The zero-order valence-corrected chi connectivity index (χ0v) is 17.0. The molecule has 29 heavy (non-hydrogen) atoms. The molecule has 3 aromatic rings. The van der Waals surface area contributed by atoms with Crippen molar-refractivity contribution in [1.82, 2.24) is 4.57 Å². The van der Waals surface area contributed by atoms with E-state index in [-0.39, 0.29) is 23.9 Å². The number of nitrogens with zero attached hydrogens (tertiary/aromatic N) is 1. The highest BCUT2D eigenvalue weighted by atomic mass is 32.2. The predicted molar refractivity (Wildman–Crippen MR) is 104 cm³/mol. The quantitative estimate of drug-likeness (QED) is 0.331. The lowest BCUT2D eigenvalue weighted by molar-refractivity contribution is 0.0389. The molecule has 0 fully saturated rings. The van der Waals surface area contributed by atoms with Gasteiger partial charge in [0.25, 0.3) is 0 Å². The number of esters is 1. The summed E-state index contributed by atoms with van der Waals surface area (Å²) in [7, 11) is -0.866. The van der Waals surface area contributed by atoms with Crippen LogP contribution in [0.1, 0.15) is 16.1 Å². The summed E-state index contributed by atoms with van der Waals surface area (Å²) in [6, 6.07) is 8.92. The summed E-state index contributed by atoms with van der Waals surface area (Å²) in [6.45, 7) is 2.13. The molecule has 154 valence electrons. The van der Waals surface area contributed by atoms with Crippen LogP contribution in [0.3, 0.4) is 0 Å². The molecule has 0 aliphatic carbocycles. The molecular weight excluding hydrogens is 401 g/mol. The average Bonchev–Trinajstić information content (AvgIpc) is 2.92. The number of aryl methyl sites for hydroxylation is 1. The second-order valence-corrected chi connectivity index (χ2v) is 7.86. The standard InChI is InChI=1S/C20H20FNO6S/c1-13-19(20(23)27-11-10-26-3)17-12-15(6-9-18(17)22(13)2)28-29(24,25)16-7-4-14(21)5-8-16/h4-9,12H,10-11H2,1-3H3. The van der Waals surface area contributed by atoms with Gasteiger partial charge in [0, 0.05) is 30.8 Å². The molecule has 0 saturated carbocycles. The molecule has 9 heteroatoms. The molecule has 0 amide bonds. The second kappa shape index (κ2) is 8.22. The van der Waals surface area contributed by atoms with Crippen molar-refractivity contribution in [3.63, 3.8) is 0 Å². The SMILES string of the molecule is COCCOC(=O)c1c(C)n(C)c2ccc(OS(=O)(=O)c3ccc(F)cc3)cc12. The molecule has 0 N–H and O–H groups in total. The van der Waals surface area contributed by atoms with Crippen LogP contribution in [0.25, 0.3) is 10.9 Å². The minimum Gasteiger partial charge on any atom is -0.460 e. The van der Waals surface area contributed by atoms with Gasteiger partial charge < -0.3 is 18.2 Å². The molecule has 0 saturated heterocycles. The van der Waals surface area contributed by atoms with Gasteiger partial charge in [0.1, 0.15) is 23.1 Å². The van der Waals surface area contributed by atoms with E-state index in [4.69, 9.17) is 13.7 Å². The van der Waals surface area contributed by atoms with Gasteiger partial charge in [0.15, 0.2) is 0 Å². The fourth-order valence-corrected chi connectivity index (χ4v) is 3.85. The van der Waals surface area contributed by atoms with Crippen molar-refractivity contribution in [2.24, 2.45) is 7.05 Å². The van der Waals surface area contributed by atoms with Crippen molar-refractivity contribution < 1.29 is 31.3 Å². The number of fused-ring (bicyclic) bond motifs is 1. The largest absolute Gasteiger partial charge is 0.460 e. The average molecular weight is 421 g/mol. The molecular formula is C20H20FNO6S. The van der Waals surface area contributed by atoms with E-state index in [9.17, 15) is 17.6 Å². The number of rotatable bonds is 7. The summed E-state index contributed by atoms with van der Waals surface area (Å²) < 4.78 is 55.1. The number of hydrogen-bond acceptors (Lipinski definition) is 6. The Labute approximate surface area is 167 Å². The van der Waals surface area contributed by atoms with Gasteiger partial charge in [-0.15, -0.1) is 0 Å². The zero-order valence-electron chi connectivity index (χ0n) is 16.1. The monoisotopic (exact) mass is 421 g/mol. The van der Waals surface area contributed by atoms with Crippen molar-refractivity contribution in [2.45, 2.75) is 11.8 Å². The summed E-state index contributed by atoms with van der Waals surface area (Å²) in [5, 5.41) is 0.499. The fourth-order valence-electron chi connectivity index (χ4n) is 2.93. The molecule has 3 rings (SSSR count).